The number of likely N-dealkylation sites (tertiary alicyclic amines) is 1. The smallest absolute Gasteiger partial charge is 0.343 e. The zero-order chi connectivity index (χ0) is 23.5. The van der Waals surface area contributed by atoms with Crippen LogP contribution in [0.15, 0.2) is 53.0 Å². The Morgan fingerprint density at radius 1 is 1.03 bits per heavy atom. The highest BCUT2D eigenvalue weighted by molar-refractivity contribution is 9.10. The second-order valence-corrected chi connectivity index (χ2v) is 8.75. The van der Waals surface area contributed by atoms with Crippen LogP contribution in [0.1, 0.15) is 24.5 Å². The number of amides is 2. The summed E-state index contributed by atoms with van der Waals surface area (Å²) in [4.78, 5) is 13.8. The first-order valence-electron chi connectivity index (χ1n) is 10.7. The number of carbonyl (C=O) groups excluding carboxylic acids is 1. The van der Waals surface area contributed by atoms with Crippen molar-refractivity contribution in [2.24, 2.45) is 0 Å². The maximum absolute atomic E-state index is 12.1. The first-order chi connectivity index (χ1) is 15.9. The molecular weight excluding hydrogens is 488 g/mol. The zero-order valence-corrected chi connectivity index (χ0v) is 20.4. The van der Waals surface area contributed by atoms with Crippen LogP contribution in [0.5, 0.6) is 11.5 Å². The lowest BCUT2D eigenvalue weighted by Crippen LogP contribution is -2.43. The van der Waals surface area contributed by atoms with Gasteiger partial charge < -0.3 is 14.4 Å². The number of halogens is 1. The van der Waals surface area contributed by atoms with E-state index in [1.54, 1.807) is 19.1 Å². The topological polar surface area (TPSA) is 80.1 Å². The molecule has 2 aromatic carbocycles. The van der Waals surface area contributed by atoms with Gasteiger partial charge in [0.1, 0.15) is 11.5 Å². The van der Waals surface area contributed by atoms with Crippen molar-refractivity contribution in [1.29, 1.82) is 0 Å². The van der Waals surface area contributed by atoms with Gasteiger partial charge in [-0.25, -0.2) is 14.5 Å². The molecule has 9 heteroatoms. The lowest BCUT2D eigenvalue weighted by molar-refractivity contribution is -0.0356. The number of aromatic nitrogens is 2. The van der Waals surface area contributed by atoms with Crippen LogP contribution in [0.3, 0.4) is 0 Å². The van der Waals surface area contributed by atoms with Gasteiger partial charge in [-0.2, -0.15) is 5.10 Å². The molecule has 1 aromatic heterocycles. The van der Waals surface area contributed by atoms with Crippen LogP contribution in [0.2, 0.25) is 0 Å². The van der Waals surface area contributed by atoms with E-state index in [4.69, 9.17) is 14.6 Å². The minimum Gasteiger partial charge on any atom is -0.497 e. The van der Waals surface area contributed by atoms with E-state index in [9.17, 15) is 10.0 Å². The Morgan fingerprint density at radius 2 is 1.58 bits per heavy atom. The molecule has 8 nitrogen and oxygen atoms in total. The average molecular weight is 515 g/mol. The third kappa shape index (κ3) is 4.69. The Labute approximate surface area is 201 Å². The van der Waals surface area contributed by atoms with Gasteiger partial charge in [0, 0.05) is 31.6 Å². The number of ether oxygens (including phenoxy) is 2. The van der Waals surface area contributed by atoms with Crippen molar-refractivity contribution >= 4 is 22.0 Å². The number of urea groups is 1. The minimum atomic E-state index is -0.379. The molecule has 1 aliphatic heterocycles. The molecule has 1 N–H and O–H groups in total. The summed E-state index contributed by atoms with van der Waals surface area (Å²) in [6, 6.07) is 15.3. The molecule has 1 fully saturated rings. The van der Waals surface area contributed by atoms with E-state index >= 15 is 0 Å². The normalized spacial score (nSPS) is 14.3. The molecule has 1 saturated heterocycles. The monoisotopic (exact) mass is 514 g/mol. The van der Waals surface area contributed by atoms with Crippen molar-refractivity contribution in [2.75, 3.05) is 34.4 Å². The molecule has 3 aromatic rings. The standard InChI is InChI=1S/C24H27BrN4O4/c1-27(31)24(30)28-14-12-16(13-15-28)22-21(25)23(17-4-8-19(32-2)9-5-17)29(26-22)18-6-10-20(33-3)11-7-18/h4-11,16,31H,12-15H2,1-3H3. The molecule has 0 spiro atoms. The van der Waals surface area contributed by atoms with E-state index in [0.717, 1.165) is 51.5 Å². The number of benzene rings is 2. The number of piperidine rings is 1. The van der Waals surface area contributed by atoms with Crippen molar-refractivity contribution in [1.82, 2.24) is 19.7 Å². The number of rotatable bonds is 5. The fraction of sp³-hybridized carbons (Fsp3) is 0.333. The van der Waals surface area contributed by atoms with Crippen molar-refractivity contribution < 1.29 is 19.5 Å². The van der Waals surface area contributed by atoms with Crippen LogP contribution in [-0.2, 0) is 0 Å². The summed E-state index contributed by atoms with van der Waals surface area (Å²) < 4.78 is 13.5. The number of carbonyl (C=O) groups is 1. The van der Waals surface area contributed by atoms with Gasteiger partial charge in [0.15, 0.2) is 0 Å². The Bertz CT molecular complexity index is 1100. The molecule has 2 heterocycles. The molecule has 0 saturated carbocycles. The summed E-state index contributed by atoms with van der Waals surface area (Å²) in [5, 5.41) is 15.1. The van der Waals surface area contributed by atoms with Gasteiger partial charge in [-0.1, -0.05) is 0 Å². The predicted octanol–water partition coefficient (Wildman–Crippen LogP) is 4.94. The second-order valence-electron chi connectivity index (χ2n) is 7.95. The molecule has 0 atom stereocenters. The largest absolute Gasteiger partial charge is 0.497 e. The van der Waals surface area contributed by atoms with Gasteiger partial charge in [0.25, 0.3) is 0 Å². The van der Waals surface area contributed by atoms with Crippen molar-refractivity contribution in [3.05, 3.63) is 58.7 Å². The highest BCUT2D eigenvalue weighted by atomic mass is 79.9. The van der Waals surface area contributed by atoms with Gasteiger partial charge >= 0.3 is 6.03 Å². The van der Waals surface area contributed by atoms with Gasteiger partial charge in [0.05, 0.1) is 35.8 Å². The van der Waals surface area contributed by atoms with E-state index in [0.29, 0.717) is 18.2 Å². The summed E-state index contributed by atoms with van der Waals surface area (Å²) >= 11 is 3.83. The molecule has 0 unspecified atom stereocenters. The van der Waals surface area contributed by atoms with Crippen molar-refractivity contribution in [3.63, 3.8) is 0 Å². The fourth-order valence-electron chi connectivity index (χ4n) is 4.13. The van der Waals surface area contributed by atoms with Crippen LogP contribution < -0.4 is 9.47 Å². The SMILES string of the molecule is COc1ccc(-c2c(Br)c(C3CCN(C(=O)N(C)O)CC3)nn2-c2ccc(OC)cc2)cc1. The Balaban J connectivity index is 1.71. The third-order valence-electron chi connectivity index (χ3n) is 5.96. The molecule has 174 valence electrons. The highest BCUT2D eigenvalue weighted by Gasteiger charge is 2.30. The molecule has 0 radical (unpaired) electrons. The predicted molar refractivity (Wildman–Crippen MR) is 128 cm³/mol. The Hall–Kier alpha value is -3.04. The number of hydrogen-bond donors (Lipinski definition) is 1. The molecule has 33 heavy (non-hydrogen) atoms. The number of methoxy groups -OCH3 is 2. The summed E-state index contributed by atoms with van der Waals surface area (Å²) in [5.41, 5.74) is 3.84. The van der Waals surface area contributed by atoms with Crippen molar-refractivity contribution in [3.8, 4) is 28.4 Å². The van der Waals surface area contributed by atoms with E-state index in [1.165, 1.54) is 7.05 Å². The highest BCUT2D eigenvalue weighted by Crippen LogP contribution is 2.40. The van der Waals surface area contributed by atoms with Crippen LogP contribution in [0.25, 0.3) is 16.9 Å². The molecule has 0 aliphatic carbocycles. The summed E-state index contributed by atoms with van der Waals surface area (Å²) in [7, 11) is 4.64. The van der Waals surface area contributed by atoms with Gasteiger partial charge in [-0.05, 0) is 77.3 Å². The molecule has 2 amide bonds. The summed E-state index contributed by atoms with van der Waals surface area (Å²) in [6.45, 7) is 1.13. The van der Waals surface area contributed by atoms with Crippen LogP contribution in [0, 0.1) is 0 Å². The molecular formula is C24H27BrN4O4. The zero-order valence-electron chi connectivity index (χ0n) is 18.9. The first-order valence-corrected chi connectivity index (χ1v) is 11.5. The van der Waals surface area contributed by atoms with E-state index < -0.39 is 0 Å². The van der Waals surface area contributed by atoms with Gasteiger partial charge in [0.2, 0.25) is 0 Å². The molecule has 1 aliphatic rings. The number of hydroxylamine groups is 2. The lowest BCUT2D eigenvalue weighted by atomic mass is 9.93. The lowest BCUT2D eigenvalue weighted by Gasteiger charge is -2.32. The van der Waals surface area contributed by atoms with E-state index in [2.05, 4.69) is 15.9 Å². The van der Waals surface area contributed by atoms with E-state index in [1.807, 2.05) is 53.2 Å². The maximum atomic E-state index is 12.1. The molecule has 0 bridgehead atoms. The Morgan fingerprint density at radius 3 is 2.09 bits per heavy atom. The quantitative estimate of drug-likeness (QED) is 0.385. The van der Waals surface area contributed by atoms with Crippen LogP contribution >= 0.6 is 15.9 Å². The summed E-state index contributed by atoms with van der Waals surface area (Å²) in [6.07, 6.45) is 1.53. The van der Waals surface area contributed by atoms with E-state index in [-0.39, 0.29) is 11.9 Å². The number of nitrogens with zero attached hydrogens (tertiary/aromatic N) is 4. The summed E-state index contributed by atoms with van der Waals surface area (Å²) in [5.74, 6) is 1.75. The van der Waals surface area contributed by atoms with Gasteiger partial charge in [-0.3, -0.25) is 5.21 Å². The van der Waals surface area contributed by atoms with Crippen LogP contribution in [-0.4, -0.2) is 65.3 Å². The maximum Gasteiger partial charge on any atom is 0.343 e. The Kier molecular flexibility index (Phi) is 6.90. The first kappa shape index (κ1) is 23.1. The fourth-order valence-corrected chi connectivity index (χ4v) is 4.93. The third-order valence-corrected chi connectivity index (χ3v) is 6.74. The minimum absolute atomic E-state index is 0.184. The molecule has 4 rings (SSSR count). The average Bonchev–Trinajstić information content (AvgIpc) is 3.20. The van der Waals surface area contributed by atoms with Gasteiger partial charge in [-0.15, -0.1) is 0 Å². The van der Waals surface area contributed by atoms with Crippen molar-refractivity contribution in [2.45, 2.75) is 18.8 Å². The number of hydrogen-bond acceptors (Lipinski definition) is 5. The second kappa shape index (κ2) is 9.84. The van der Waals surface area contributed by atoms with Crippen LogP contribution in [0.4, 0.5) is 4.79 Å².